The van der Waals surface area contributed by atoms with Crippen molar-refractivity contribution < 1.29 is 28.9 Å². The van der Waals surface area contributed by atoms with E-state index in [9.17, 15) is 14.7 Å². The lowest BCUT2D eigenvalue weighted by Gasteiger charge is -2.25. The molecule has 1 rings (SSSR count). The predicted molar refractivity (Wildman–Crippen MR) is 88.8 cm³/mol. The highest BCUT2D eigenvalue weighted by molar-refractivity contribution is 5.81. The second-order valence-electron chi connectivity index (χ2n) is 6.37. The molecule has 0 aliphatic carbocycles. The molecule has 0 radical (unpaired) electrons. The Bertz CT molecular complexity index is 593. The predicted octanol–water partition coefficient (Wildman–Crippen LogP) is 2.79. The Hall–Kier alpha value is -2.44. The van der Waals surface area contributed by atoms with Gasteiger partial charge in [0.15, 0.2) is 11.5 Å². The maximum Gasteiger partial charge on any atom is 0.408 e. The van der Waals surface area contributed by atoms with E-state index in [0.717, 1.165) is 0 Å². The standard InChI is InChI=1S/C17H25NO6/c1-10(11-7-8-12(22-5)13(9-11)23-6)14(15(19)20)18-16(21)24-17(2,3)4/h7-10,14H,1-6H3,(H,18,21)(H,19,20)/t10?,14-/m0/s1. The van der Waals surface area contributed by atoms with Gasteiger partial charge in [0.2, 0.25) is 0 Å². The summed E-state index contributed by atoms with van der Waals surface area (Å²) in [6, 6.07) is 3.98. The number of nitrogens with one attached hydrogen (secondary N) is 1. The molecule has 0 aliphatic rings. The van der Waals surface area contributed by atoms with E-state index in [1.807, 2.05) is 0 Å². The Morgan fingerprint density at radius 2 is 1.71 bits per heavy atom. The molecule has 0 saturated carbocycles. The first-order valence-corrected chi connectivity index (χ1v) is 7.53. The number of rotatable bonds is 6. The second kappa shape index (κ2) is 7.90. The van der Waals surface area contributed by atoms with Crippen LogP contribution in [0, 0.1) is 0 Å². The maximum atomic E-state index is 11.9. The quantitative estimate of drug-likeness (QED) is 0.828. The van der Waals surface area contributed by atoms with E-state index in [4.69, 9.17) is 14.2 Å². The third kappa shape index (κ3) is 5.33. The van der Waals surface area contributed by atoms with Gasteiger partial charge in [0.05, 0.1) is 14.2 Å². The minimum atomic E-state index is -1.15. The molecule has 0 spiro atoms. The zero-order valence-electron chi connectivity index (χ0n) is 14.9. The van der Waals surface area contributed by atoms with E-state index in [0.29, 0.717) is 17.1 Å². The van der Waals surface area contributed by atoms with Gasteiger partial charge in [0.1, 0.15) is 11.6 Å². The molecule has 7 nitrogen and oxygen atoms in total. The van der Waals surface area contributed by atoms with Crippen LogP contribution < -0.4 is 14.8 Å². The SMILES string of the molecule is COc1ccc(C(C)[C@H](NC(=O)OC(C)(C)C)C(=O)O)cc1OC. The summed E-state index contributed by atoms with van der Waals surface area (Å²) in [6.07, 6.45) is -0.776. The summed E-state index contributed by atoms with van der Waals surface area (Å²) in [7, 11) is 3.02. The fourth-order valence-electron chi connectivity index (χ4n) is 2.16. The van der Waals surface area contributed by atoms with Crippen molar-refractivity contribution >= 4 is 12.1 Å². The lowest BCUT2D eigenvalue weighted by Crippen LogP contribution is -2.46. The Kier molecular flexibility index (Phi) is 6.45. The molecule has 0 bridgehead atoms. The van der Waals surface area contributed by atoms with Crippen LogP contribution in [0.4, 0.5) is 4.79 Å². The first-order valence-electron chi connectivity index (χ1n) is 7.53. The van der Waals surface area contributed by atoms with E-state index in [1.54, 1.807) is 45.9 Å². The van der Waals surface area contributed by atoms with E-state index < -0.39 is 29.6 Å². The number of carbonyl (C=O) groups excluding carboxylic acids is 1. The molecule has 24 heavy (non-hydrogen) atoms. The number of ether oxygens (including phenoxy) is 3. The van der Waals surface area contributed by atoms with Gasteiger partial charge in [-0.15, -0.1) is 0 Å². The van der Waals surface area contributed by atoms with Gasteiger partial charge in [-0.2, -0.15) is 0 Å². The number of alkyl carbamates (subject to hydrolysis) is 1. The fraction of sp³-hybridized carbons (Fsp3) is 0.529. The van der Waals surface area contributed by atoms with Crippen LogP contribution in [-0.4, -0.2) is 43.0 Å². The number of carboxylic acids is 1. The van der Waals surface area contributed by atoms with Crippen LogP contribution >= 0.6 is 0 Å². The van der Waals surface area contributed by atoms with E-state index in [-0.39, 0.29) is 0 Å². The average molecular weight is 339 g/mol. The van der Waals surface area contributed by atoms with Crippen LogP contribution in [0.3, 0.4) is 0 Å². The summed E-state index contributed by atoms with van der Waals surface area (Å²) in [5.41, 5.74) is -0.0178. The lowest BCUT2D eigenvalue weighted by molar-refractivity contribution is -0.140. The summed E-state index contributed by atoms with van der Waals surface area (Å²) in [5.74, 6) is -0.623. The number of hydrogen-bond donors (Lipinski definition) is 2. The van der Waals surface area contributed by atoms with Crippen molar-refractivity contribution in [3.8, 4) is 11.5 Å². The van der Waals surface area contributed by atoms with Gasteiger partial charge < -0.3 is 24.6 Å². The number of hydrogen-bond acceptors (Lipinski definition) is 5. The molecule has 7 heteroatoms. The van der Waals surface area contributed by atoms with Crippen LogP contribution in [0.25, 0.3) is 0 Å². The molecule has 2 N–H and O–H groups in total. The van der Waals surface area contributed by atoms with Crippen LogP contribution in [0.15, 0.2) is 18.2 Å². The number of carboxylic acid groups (broad SMARTS) is 1. The largest absolute Gasteiger partial charge is 0.493 e. The highest BCUT2D eigenvalue weighted by Crippen LogP contribution is 2.31. The Morgan fingerprint density at radius 3 is 2.17 bits per heavy atom. The first-order chi connectivity index (χ1) is 11.1. The van der Waals surface area contributed by atoms with Gasteiger partial charge in [-0.05, 0) is 38.5 Å². The first kappa shape index (κ1) is 19.6. The van der Waals surface area contributed by atoms with Crippen LogP contribution in [0.1, 0.15) is 39.2 Å². The zero-order chi connectivity index (χ0) is 18.5. The van der Waals surface area contributed by atoms with E-state index in [2.05, 4.69) is 5.32 Å². The normalized spacial score (nSPS) is 13.6. The molecule has 1 aromatic rings. The van der Waals surface area contributed by atoms with Crippen LogP contribution in [0.5, 0.6) is 11.5 Å². The van der Waals surface area contributed by atoms with Crippen molar-refractivity contribution in [2.75, 3.05) is 14.2 Å². The summed E-state index contributed by atoms with van der Waals surface area (Å²) < 4.78 is 15.5. The number of benzene rings is 1. The Balaban J connectivity index is 3.00. The third-order valence-electron chi connectivity index (χ3n) is 3.37. The zero-order valence-corrected chi connectivity index (χ0v) is 14.9. The average Bonchev–Trinajstić information content (AvgIpc) is 2.49. The monoisotopic (exact) mass is 339 g/mol. The molecule has 0 saturated heterocycles. The van der Waals surface area contributed by atoms with Crippen molar-refractivity contribution in [3.63, 3.8) is 0 Å². The summed E-state index contributed by atoms with van der Waals surface area (Å²) in [5, 5.41) is 11.9. The minimum Gasteiger partial charge on any atom is -0.493 e. The molecule has 0 fully saturated rings. The van der Waals surface area contributed by atoms with Crippen LogP contribution in [0.2, 0.25) is 0 Å². The molecule has 1 amide bonds. The lowest BCUT2D eigenvalue weighted by atomic mass is 9.93. The third-order valence-corrected chi connectivity index (χ3v) is 3.37. The smallest absolute Gasteiger partial charge is 0.408 e. The fourth-order valence-corrected chi connectivity index (χ4v) is 2.16. The van der Waals surface area contributed by atoms with Crippen molar-refractivity contribution in [3.05, 3.63) is 23.8 Å². The Labute approximate surface area is 141 Å². The maximum absolute atomic E-state index is 11.9. The van der Waals surface area contributed by atoms with Gasteiger partial charge in [0, 0.05) is 5.92 Å². The van der Waals surface area contributed by atoms with Crippen LogP contribution in [-0.2, 0) is 9.53 Å². The molecule has 134 valence electrons. The number of aliphatic carboxylic acids is 1. The summed E-state index contributed by atoms with van der Waals surface area (Å²) in [4.78, 5) is 23.5. The van der Waals surface area contributed by atoms with E-state index >= 15 is 0 Å². The number of methoxy groups -OCH3 is 2. The minimum absolute atomic E-state index is 0.489. The highest BCUT2D eigenvalue weighted by Gasteiger charge is 2.30. The number of carbonyl (C=O) groups is 2. The molecular weight excluding hydrogens is 314 g/mol. The van der Waals surface area contributed by atoms with Crippen molar-refractivity contribution in [2.24, 2.45) is 0 Å². The van der Waals surface area contributed by atoms with Crippen molar-refractivity contribution in [1.82, 2.24) is 5.32 Å². The molecule has 1 aromatic carbocycles. The van der Waals surface area contributed by atoms with Gasteiger partial charge in [0.25, 0.3) is 0 Å². The Morgan fingerprint density at radius 1 is 1.12 bits per heavy atom. The van der Waals surface area contributed by atoms with Gasteiger partial charge >= 0.3 is 12.1 Å². The molecule has 0 aromatic heterocycles. The van der Waals surface area contributed by atoms with Crippen molar-refractivity contribution in [2.45, 2.75) is 45.3 Å². The molecular formula is C17H25NO6. The van der Waals surface area contributed by atoms with Gasteiger partial charge in [-0.1, -0.05) is 13.0 Å². The van der Waals surface area contributed by atoms with Gasteiger partial charge in [-0.25, -0.2) is 9.59 Å². The summed E-state index contributed by atoms with van der Waals surface area (Å²) >= 11 is 0. The molecule has 0 heterocycles. The van der Waals surface area contributed by atoms with Crippen molar-refractivity contribution in [1.29, 1.82) is 0 Å². The van der Waals surface area contributed by atoms with E-state index in [1.165, 1.54) is 14.2 Å². The topological polar surface area (TPSA) is 94.1 Å². The summed E-state index contributed by atoms with van der Waals surface area (Å²) in [6.45, 7) is 6.83. The molecule has 0 aliphatic heterocycles. The number of amides is 1. The molecule has 1 unspecified atom stereocenters. The highest BCUT2D eigenvalue weighted by atomic mass is 16.6. The second-order valence-corrected chi connectivity index (χ2v) is 6.37. The van der Waals surface area contributed by atoms with Gasteiger partial charge in [-0.3, -0.25) is 0 Å². The molecule has 2 atom stereocenters.